The number of hydrogen-bond acceptors (Lipinski definition) is 5. The average molecular weight is 311 g/mol. The van der Waals surface area contributed by atoms with E-state index in [1.165, 1.54) is 0 Å². The highest BCUT2D eigenvalue weighted by Gasteiger charge is 2.08. The molecule has 0 amide bonds. The van der Waals surface area contributed by atoms with E-state index in [1.54, 1.807) is 18.2 Å². The summed E-state index contributed by atoms with van der Waals surface area (Å²) >= 11 is 3.29. The first-order valence-electron chi connectivity index (χ1n) is 5.41. The summed E-state index contributed by atoms with van der Waals surface area (Å²) in [5, 5.41) is 7.67. The second-order valence-corrected chi connectivity index (χ2v) is 4.45. The molecule has 0 fully saturated rings. The fraction of sp³-hybridized carbons (Fsp3) is 0.250. The Kier molecular flexibility index (Phi) is 4.09. The summed E-state index contributed by atoms with van der Waals surface area (Å²) < 4.78 is 11.6. The van der Waals surface area contributed by atoms with Crippen LogP contribution in [0.1, 0.15) is 29.1 Å². The van der Waals surface area contributed by atoms with Crippen LogP contribution in [0.5, 0.6) is 5.75 Å². The summed E-state index contributed by atoms with van der Waals surface area (Å²) in [5.74, 6) is 1.45. The SMILES string of the molecule is CCc1nnc(COc2ccc(Br)cc2C=O)o1. The van der Waals surface area contributed by atoms with E-state index in [0.717, 1.165) is 10.8 Å². The van der Waals surface area contributed by atoms with Crippen molar-refractivity contribution >= 4 is 22.2 Å². The van der Waals surface area contributed by atoms with Gasteiger partial charge in [-0.05, 0) is 18.2 Å². The van der Waals surface area contributed by atoms with E-state index in [0.29, 0.717) is 29.5 Å². The van der Waals surface area contributed by atoms with Crippen LogP contribution in [0.2, 0.25) is 0 Å². The lowest BCUT2D eigenvalue weighted by Crippen LogP contribution is -1.98. The van der Waals surface area contributed by atoms with E-state index in [1.807, 2.05) is 6.92 Å². The van der Waals surface area contributed by atoms with E-state index in [2.05, 4.69) is 26.1 Å². The maximum atomic E-state index is 10.9. The van der Waals surface area contributed by atoms with Gasteiger partial charge in [-0.3, -0.25) is 4.79 Å². The lowest BCUT2D eigenvalue weighted by molar-refractivity contribution is 0.111. The van der Waals surface area contributed by atoms with Crippen molar-refractivity contribution < 1.29 is 13.9 Å². The Hall–Kier alpha value is -1.69. The number of aldehydes is 1. The number of hydrogen-bond donors (Lipinski definition) is 0. The molecule has 94 valence electrons. The Morgan fingerprint density at radius 2 is 2.17 bits per heavy atom. The van der Waals surface area contributed by atoms with Gasteiger partial charge in [-0.15, -0.1) is 10.2 Å². The zero-order valence-corrected chi connectivity index (χ0v) is 11.3. The Bertz CT molecular complexity index is 554. The molecule has 2 aromatic rings. The lowest BCUT2D eigenvalue weighted by atomic mass is 10.2. The van der Waals surface area contributed by atoms with Crippen LogP contribution in [0.3, 0.4) is 0 Å². The van der Waals surface area contributed by atoms with Gasteiger partial charge in [0, 0.05) is 10.9 Å². The van der Waals surface area contributed by atoms with Crippen molar-refractivity contribution in [3.05, 3.63) is 40.0 Å². The number of nitrogens with zero attached hydrogens (tertiary/aromatic N) is 2. The van der Waals surface area contributed by atoms with Crippen LogP contribution in [-0.4, -0.2) is 16.5 Å². The Labute approximate surface area is 112 Å². The predicted octanol–water partition coefficient (Wildman–Crippen LogP) is 2.79. The summed E-state index contributed by atoms with van der Waals surface area (Å²) in [6.45, 7) is 2.08. The third kappa shape index (κ3) is 2.95. The van der Waals surface area contributed by atoms with Gasteiger partial charge in [-0.25, -0.2) is 0 Å². The number of benzene rings is 1. The molecular weight excluding hydrogens is 300 g/mol. The molecule has 1 aromatic heterocycles. The minimum absolute atomic E-state index is 0.148. The zero-order valence-electron chi connectivity index (χ0n) is 9.72. The summed E-state index contributed by atoms with van der Waals surface area (Å²) in [4.78, 5) is 10.9. The molecule has 5 nitrogen and oxygen atoms in total. The zero-order chi connectivity index (χ0) is 13.0. The topological polar surface area (TPSA) is 65.2 Å². The number of rotatable bonds is 5. The van der Waals surface area contributed by atoms with E-state index < -0.39 is 0 Å². The molecule has 0 unspecified atom stereocenters. The molecule has 18 heavy (non-hydrogen) atoms. The molecule has 0 radical (unpaired) electrons. The van der Waals surface area contributed by atoms with Crippen molar-refractivity contribution in [2.75, 3.05) is 0 Å². The molecule has 0 aliphatic rings. The average Bonchev–Trinajstić information content (AvgIpc) is 2.85. The predicted molar refractivity (Wildman–Crippen MR) is 67.5 cm³/mol. The molecule has 0 saturated carbocycles. The van der Waals surface area contributed by atoms with Gasteiger partial charge in [-0.2, -0.15) is 0 Å². The number of halogens is 1. The van der Waals surface area contributed by atoms with Crippen molar-refractivity contribution in [1.82, 2.24) is 10.2 Å². The van der Waals surface area contributed by atoms with Crippen LogP contribution in [0.4, 0.5) is 0 Å². The maximum Gasteiger partial charge on any atom is 0.253 e. The van der Waals surface area contributed by atoms with Crippen LogP contribution in [0.15, 0.2) is 27.1 Å². The fourth-order valence-corrected chi connectivity index (χ4v) is 1.75. The quantitative estimate of drug-likeness (QED) is 0.794. The number of aryl methyl sites for hydroxylation is 1. The number of aromatic nitrogens is 2. The van der Waals surface area contributed by atoms with E-state index >= 15 is 0 Å². The highest BCUT2D eigenvalue weighted by atomic mass is 79.9. The molecule has 0 atom stereocenters. The smallest absolute Gasteiger partial charge is 0.253 e. The van der Waals surface area contributed by atoms with E-state index in [9.17, 15) is 4.79 Å². The first-order valence-corrected chi connectivity index (χ1v) is 6.21. The molecule has 1 heterocycles. The van der Waals surface area contributed by atoms with Gasteiger partial charge in [-0.1, -0.05) is 22.9 Å². The molecule has 0 bridgehead atoms. The summed E-state index contributed by atoms with van der Waals surface area (Å²) in [7, 11) is 0. The maximum absolute atomic E-state index is 10.9. The largest absolute Gasteiger partial charge is 0.483 e. The van der Waals surface area contributed by atoms with Crippen LogP contribution in [-0.2, 0) is 13.0 Å². The van der Waals surface area contributed by atoms with Gasteiger partial charge in [0.15, 0.2) is 12.9 Å². The lowest BCUT2D eigenvalue weighted by Gasteiger charge is -2.06. The van der Waals surface area contributed by atoms with Crippen molar-refractivity contribution in [3.8, 4) is 5.75 Å². The molecule has 0 N–H and O–H groups in total. The van der Waals surface area contributed by atoms with Crippen molar-refractivity contribution in [2.45, 2.75) is 20.0 Å². The molecule has 1 aromatic carbocycles. The van der Waals surface area contributed by atoms with Crippen molar-refractivity contribution in [1.29, 1.82) is 0 Å². The third-order valence-corrected chi connectivity index (χ3v) is 2.75. The van der Waals surface area contributed by atoms with Gasteiger partial charge in [0.05, 0.1) is 5.56 Å². The van der Waals surface area contributed by atoms with Gasteiger partial charge >= 0.3 is 0 Å². The van der Waals surface area contributed by atoms with Crippen LogP contribution in [0.25, 0.3) is 0 Å². The highest BCUT2D eigenvalue weighted by Crippen LogP contribution is 2.22. The number of carbonyl (C=O) groups is 1. The molecule has 6 heteroatoms. The first-order chi connectivity index (χ1) is 8.72. The van der Waals surface area contributed by atoms with Crippen LogP contribution < -0.4 is 4.74 Å². The normalized spacial score (nSPS) is 10.3. The van der Waals surface area contributed by atoms with Crippen molar-refractivity contribution in [2.24, 2.45) is 0 Å². The van der Waals surface area contributed by atoms with Crippen LogP contribution in [0, 0.1) is 0 Å². The Morgan fingerprint density at radius 1 is 1.39 bits per heavy atom. The minimum Gasteiger partial charge on any atom is -0.483 e. The molecule has 0 aliphatic carbocycles. The molecule has 0 aliphatic heterocycles. The van der Waals surface area contributed by atoms with E-state index in [4.69, 9.17) is 9.15 Å². The number of ether oxygens (including phenoxy) is 1. The fourth-order valence-electron chi connectivity index (χ4n) is 1.37. The minimum atomic E-state index is 0.148. The third-order valence-electron chi connectivity index (χ3n) is 2.26. The van der Waals surface area contributed by atoms with Gasteiger partial charge < -0.3 is 9.15 Å². The van der Waals surface area contributed by atoms with Gasteiger partial charge in [0.1, 0.15) is 5.75 Å². The number of carbonyl (C=O) groups excluding carboxylic acids is 1. The Morgan fingerprint density at radius 3 is 2.83 bits per heavy atom. The van der Waals surface area contributed by atoms with Crippen LogP contribution >= 0.6 is 15.9 Å². The summed E-state index contributed by atoms with van der Waals surface area (Å²) in [6.07, 6.45) is 1.43. The second-order valence-electron chi connectivity index (χ2n) is 3.53. The van der Waals surface area contributed by atoms with Gasteiger partial charge in [0.25, 0.3) is 5.89 Å². The highest BCUT2D eigenvalue weighted by molar-refractivity contribution is 9.10. The molecule has 2 rings (SSSR count). The first kappa shape index (κ1) is 12.8. The monoisotopic (exact) mass is 310 g/mol. The van der Waals surface area contributed by atoms with Crippen molar-refractivity contribution in [3.63, 3.8) is 0 Å². The summed E-state index contributed by atoms with van der Waals surface area (Å²) in [6, 6.07) is 5.20. The molecular formula is C12H11BrN2O3. The molecule has 0 spiro atoms. The van der Waals surface area contributed by atoms with E-state index in [-0.39, 0.29) is 6.61 Å². The standard InChI is InChI=1S/C12H11BrN2O3/c1-2-11-14-15-12(18-11)7-17-10-4-3-9(13)5-8(10)6-16/h3-6H,2,7H2,1H3. The Balaban J connectivity index is 2.07. The summed E-state index contributed by atoms with van der Waals surface area (Å²) in [5.41, 5.74) is 0.472. The van der Waals surface area contributed by atoms with Gasteiger partial charge in [0.2, 0.25) is 5.89 Å². The second kappa shape index (κ2) is 5.77. The molecule has 0 saturated heterocycles.